The number of carbonyl (C=O) groups excluding carboxylic acids is 1. The summed E-state index contributed by atoms with van der Waals surface area (Å²) in [7, 11) is 0. The van der Waals surface area contributed by atoms with Gasteiger partial charge in [-0.05, 0) is 30.7 Å². The molecule has 4 rings (SSSR count). The molecule has 3 heterocycles. The molecule has 0 saturated carbocycles. The summed E-state index contributed by atoms with van der Waals surface area (Å²) >= 11 is 0. The van der Waals surface area contributed by atoms with E-state index in [1.807, 2.05) is 60.1 Å². The van der Waals surface area contributed by atoms with Gasteiger partial charge >= 0.3 is 0 Å². The quantitative estimate of drug-likeness (QED) is 0.736. The molecule has 0 fully saturated rings. The fourth-order valence-corrected chi connectivity index (χ4v) is 3.43. The summed E-state index contributed by atoms with van der Waals surface area (Å²) in [6, 6.07) is 12.3. The van der Waals surface area contributed by atoms with Crippen molar-refractivity contribution in [3.8, 4) is 11.5 Å². The molecule has 0 saturated heterocycles. The molecule has 1 aromatic carbocycles. The van der Waals surface area contributed by atoms with Crippen molar-refractivity contribution in [3.63, 3.8) is 0 Å². The molecule has 0 aliphatic carbocycles. The standard InChI is InChI=1S/C20H22N4O/c1-14(2)20(25)23-12-16-17(13-23)21-24(18-9-5-4-8-15(18)3)19(16)22-10-6-7-11-22/h4-11,14H,12-13H2,1-3H3. The van der Waals surface area contributed by atoms with Gasteiger partial charge in [-0.1, -0.05) is 32.0 Å². The third-order valence-electron chi connectivity index (χ3n) is 4.73. The lowest BCUT2D eigenvalue weighted by Crippen LogP contribution is -2.30. The third kappa shape index (κ3) is 2.56. The number of aryl methyl sites for hydroxylation is 1. The van der Waals surface area contributed by atoms with E-state index in [0.717, 1.165) is 22.8 Å². The fourth-order valence-electron chi connectivity index (χ4n) is 3.43. The van der Waals surface area contributed by atoms with E-state index in [-0.39, 0.29) is 11.8 Å². The SMILES string of the molecule is Cc1ccccc1-n1nc2c(c1-n1cccc1)CN(C(=O)C(C)C)C2. The maximum absolute atomic E-state index is 12.4. The molecule has 0 bridgehead atoms. The molecule has 0 N–H and O–H groups in total. The lowest BCUT2D eigenvalue weighted by atomic mass is 10.2. The Hall–Kier alpha value is -2.82. The third-order valence-corrected chi connectivity index (χ3v) is 4.73. The molecule has 1 aliphatic heterocycles. The van der Waals surface area contributed by atoms with Crippen molar-refractivity contribution in [2.75, 3.05) is 0 Å². The van der Waals surface area contributed by atoms with Crippen LogP contribution in [0.15, 0.2) is 48.8 Å². The van der Waals surface area contributed by atoms with Gasteiger partial charge in [0.25, 0.3) is 0 Å². The first kappa shape index (κ1) is 15.7. The van der Waals surface area contributed by atoms with Gasteiger partial charge in [-0.2, -0.15) is 5.10 Å². The minimum Gasteiger partial charge on any atom is -0.332 e. The second kappa shape index (κ2) is 5.92. The van der Waals surface area contributed by atoms with Gasteiger partial charge in [0.15, 0.2) is 0 Å². The highest BCUT2D eigenvalue weighted by Gasteiger charge is 2.32. The maximum Gasteiger partial charge on any atom is 0.225 e. The van der Waals surface area contributed by atoms with Crippen molar-refractivity contribution in [2.45, 2.75) is 33.9 Å². The Morgan fingerprint density at radius 3 is 2.48 bits per heavy atom. The van der Waals surface area contributed by atoms with E-state index in [2.05, 4.69) is 23.6 Å². The lowest BCUT2D eigenvalue weighted by molar-refractivity contribution is -0.135. The zero-order valence-electron chi connectivity index (χ0n) is 14.8. The highest BCUT2D eigenvalue weighted by molar-refractivity contribution is 5.79. The number of benzene rings is 1. The molecule has 128 valence electrons. The zero-order chi connectivity index (χ0) is 17.6. The van der Waals surface area contributed by atoms with Crippen molar-refractivity contribution < 1.29 is 4.79 Å². The smallest absolute Gasteiger partial charge is 0.225 e. The topological polar surface area (TPSA) is 43.1 Å². The minimum atomic E-state index is 0.00234. The molecule has 3 aromatic rings. The molecule has 0 atom stereocenters. The average molecular weight is 334 g/mol. The molecular weight excluding hydrogens is 312 g/mol. The van der Waals surface area contributed by atoms with Crippen molar-refractivity contribution in [1.82, 2.24) is 19.2 Å². The molecular formula is C20H22N4O. The van der Waals surface area contributed by atoms with Crippen molar-refractivity contribution in [3.05, 3.63) is 65.6 Å². The summed E-state index contributed by atoms with van der Waals surface area (Å²) in [6.45, 7) is 7.18. The minimum absolute atomic E-state index is 0.00234. The summed E-state index contributed by atoms with van der Waals surface area (Å²) < 4.78 is 4.10. The molecule has 5 heteroatoms. The van der Waals surface area contributed by atoms with Gasteiger partial charge in [0, 0.05) is 23.9 Å². The van der Waals surface area contributed by atoms with Crippen LogP contribution in [-0.2, 0) is 17.9 Å². The van der Waals surface area contributed by atoms with Crippen LogP contribution in [0, 0.1) is 12.8 Å². The van der Waals surface area contributed by atoms with Gasteiger partial charge < -0.3 is 9.47 Å². The van der Waals surface area contributed by atoms with E-state index in [1.54, 1.807) is 0 Å². The molecule has 0 spiro atoms. The molecule has 2 aromatic heterocycles. The Kier molecular flexibility index (Phi) is 3.71. The summed E-state index contributed by atoms with van der Waals surface area (Å²) in [5.74, 6) is 1.20. The molecule has 0 radical (unpaired) electrons. The summed E-state index contributed by atoms with van der Waals surface area (Å²) in [6.07, 6.45) is 4.05. The first-order valence-electron chi connectivity index (χ1n) is 8.65. The first-order chi connectivity index (χ1) is 12.1. The van der Waals surface area contributed by atoms with Crippen LogP contribution in [0.4, 0.5) is 0 Å². The number of carbonyl (C=O) groups is 1. The van der Waals surface area contributed by atoms with Crippen LogP contribution in [0.5, 0.6) is 0 Å². The van der Waals surface area contributed by atoms with E-state index in [1.165, 1.54) is 5.56 Å². The summed E-state index contributed by atoms with van der Waals surface area (Å²) in [5, 5.41) is 4.87. The molecule has 0 unspecified atom stereocenters. The van der Waals surface area contributed by atoms with E-state index in [4.69, 9.17) is 5.10 Å². The number of nitrogens with zero attached hydrogens (tertiary/aromatic N) is 4. The lowest BCUT2D eigenvalue weighted by Gasteiger charge is -2.19. The van der Waals surface area contributed by atoms with E-state index >= 15 is 0 Å². The van der Waals surface area contributed by atoms with Crippen LogP contribution in [-0.4, -0.2) is 25.2 Å². The number of hydrogen-bond donors (Lipinski definition) is 0. The molecule has 1 aliphatic rings. The Balaban J connectivity index is 1.84. The van der Waals surface area contributed by atoms with E-state index < -0.39 is 0 Å². The summed E-state index contributed by atoms with van der Waals surface area (Å²) in [5.41, 5.74) is 4.36. The predicted molar refractivity (Wildman–Crippen MR) is 96.7 cm³/mol. The summed E-state index contributed by atoms with van der Waals surface area (Å²) in [4.78, 5) is 14.3. The van der Waals surface area contributed by atoms with Crippen LogP contribution in [0.2, 0.25) is 0 Å². The number of amides is 1. The predicted octanol–water partition coefficient (Wildman–Crippen LogP) is 3.47. The molecule has 1 amide bonds. The van der Waals surface area contributed by atoms with Gasteiger partial charge in [0.2, 0.25) is 5.91 Å². The Labute approximate surface area is 147 Å². The van der Waals surface area contributed by atoms with Gasteiger partial charge in [-0.25, -0.2) is 4.68 Å². The highest BCUT2D eigenvalue weighted by Crippen LogP contribution is 2.31. The average Bonchev–Trinajstić information content (AvgIpc) is 3.29. The number of aromatic nitrogens is 3. The van der Waals surface area contributed by atoms with Gasteiger partial charge in [0.05, 0.1) is 24.5 Å². The van der Waals surface area contributed by atoms with Crippen LogP contribution in [0.25, 0.3) is 11.5 Å². The second-order valence-corrected chi connectivity index (χ2v) is 6.89. The number of fused-ring (bicyclic) bond motifs is 1. The normalized spacial score (nSPS) is 13.5. The fraction of sp³-hybridized carbons (Fsp3) is 0.300. The van der Waals surface area contributed by atoms with E-state index in [9.17, 15) is 4.79 Å². The van der Waals surface area contributed by atoms with Crippen molar-refractivity contribution >= 4 is 5.91 Å². The van der Waals surface area contributed by atoms with Crippen molar-refractivity contribution in [1.29, 1.82) is 0 Å². The monoisotopic (exact) mass is 334 g/mol. The zero-order valence-corrected chi connectivity index (χ0v) is 14.8. The number of rotatable bonds is 3. The largest absolute Gasteiger partial charge is 0.332 e. The maximum atomic E-state index is 12.4. The van der Waals surface area contributed by atoms with Crippen molar-refractivity contribution in [2.24, 2.45) is 5.92 Å². The van der Waals surface area contributed by atoms with Gasteiger partial charge in [-0.15, -0.1) is 0 Å². The number of hydrogen-bond acceptors (Lipinski definition) is 2. The van der Waals surface area contributed by atoms with Crippen LogP contribution >= 0.6 is 0 Å². The highest BCUT2D eigenvalue weighted by atomic mass is 16.2. The first-order valence-corrected chi connectivity index (χ1v) is 8.65. The number of para-hydroxylation sites is 1. The Morgan fingerprint density at radius 1 is 1.08 bits per heavy atom. The molecule has 5 nitrogen and oxygen atoms in total. The van der Waals surface area contributed by atoms with E-state index in [0.29, 0.717) is 13.1 Å². The van der Waals surface area contributed by atoms with Gasteiger partial charge in [-0.3, -0.25) is 4.79 Å². The Bertz CT molecular complexity index is 921. The van der Waals surface area contributed by atoms with Crippen LogP contribution in [0.1, 0.15) is 30.7 Å². The second-order valence-electron chi connectivity index (χ2n) is 6.89. The van der Waals surface area contributed by atoms with Crippen LogP contribution < -0.4 is 0 Å². The Morgan fingerprint density at radius 2 is 1.80 bits per heavy atom. The molecule has 25 heavy (non-hydrogen) atoms. The van der Waals surface area contributed by atoms with Crippen LogP contribution in [0.3, 0.4) is 0 Å². The van der Waals surface area contributed by atoms with Gasteiger partial charge in [0.1, 0.15) is 5.82 Å².